The van der Waals surface area contributed by atoms with Crippen molar-refractivity contribution in [3.63, 3.8) is 0 Å². The van der Waals surface area contributed by atoms with Crippen LogP contribution in [0.5, 0.6) is 0 Å². The van der Waals surface area contributed by atoms with Gasteiger partial charge in [-0.3, -0.25) is 14.6 Å². The molecule has 0 saturated heterocycles. The molecule has 0 bridgehead atoms. The van der Waals surface area contributed by atoms with Gasteiger partial charge in [-0.25, -0.2) is 0 Å². The van der Waals surface area contributed by atoms with Crippen LogP contribution in [0.4, 0.5) is 0 Å². The molecule has 0 aromatic carbocycles. The first-order valence-electron chi connectivity index (χ1n) is 3.62. The van der Waals surface area contributed by atoms with Crippen LogP contribution in [0.3, 0.4) is 0 Å². The Bertz CT molecular complexity index is 344. The second-order valence-electron chi connectivity index (χ2n) is 2.34. The molecule has 0 unspecified atom stereocenters. The summed E-state index contributed by atoms with van der Waals surface area (Å²) >= 11 is 0. The topological polar surface area (TPSA) is 73.1 Å². The number of amides is 1. The third-order valence-corrected chi connectivity index (χ3v) is 1.40. The molecule has 0 aliphatic heterocycles. The average molecular weight is 176 g/mol. The van der Waals surface area contributed by atoms with E-state index in [9.17, 15) is 9.59 Å². The molecule has 0 aliphatic rings. The number of hydrogen-bond donors (Lipinski definition) is 1. The summed E-state index contributed by atoms with van der Waals surface area (Å²) in [6.45, 7) is 0. The molecule has 0 aliphatic carbocycles. The Morgan fingerprint density at radius 3 is 2.69 bits per heavy atom. The average Bonchev–Trinajstić information content (AvgIpc) is 2.15. The zero-order valence-electron chi connectivity index (χ0n) is 6.81. The van der Waals surface area contributed by atoms with Gasteiger partial charge in [-0.1, -0.05) is 6.07 Å². The molecule has 13 heavy (non-hydrogen) atoms. The van der Waals surface area contributed by atoms with E-state index in [2.05, 4.69) is 4.98 Å². The minimum atomic E-state index is -0.749. The molecule has 4 nitrogen and oxygen atoms in total. The van der Waals surface area contributed by atoms with Gasteiger partial charge in [0.1, 0.15) is 0 Å². The number of nitrogens with zero attached hydrogens (tertiary/aromatic N) is 1. The second kappa shape index (κ2) is 4.15. The zero-order valence-corrected chi connectivity index (χ0v) is 6.81. The largest absolute Gasteiger partial charge is 0.365 e. The lowest BCUT2D eigenvalue weighted by Crippen LogP contribution is -2.14. The number of primary amides is 1. The Morgan fingerprint density at radius 1 is 1.46 bits per heavy atom. The lowest BCUT2D eigenvalue weighted by atomic mass is 10.2. The molecule has 1 aromatic rings. The van der Waals surface area contributed by atoms with E-state index >= 15 is 0 Å². The Morgan fingerprint density at radius 2 is 2.23 bits per heavy atom. The predicted molar refractivity (Wildman–Crippen MR) is 47.5 cm³/mol. The molecule has 2 N–H and O–H groups in total. The molecule has 0 spiro atoms. The van der Waals surface area contributed by atoms with Crippen molar-refractivity contribution < 1.29 is 9.59 Å². The molecule has 0 atom stereocenters. The maximum absolute atomic E-state index is 10.6. The van der Waals surface area contributed by atoms with Crippen LogP contribution in [-0.2, 0) is 9.59 Å². The first kappa shape index (κ1) is 9.12. The highest BCUT2D eigenvalue weighted by atomic mass is 16.2. The number of carbonyl (C=O) groups is 2. The highest BCUT2D eigenvalue weighted by Gasteiger charge is 2.02. The molecule has 66 valence electrons. The SMILES string of the molecule is NC(=O)/C(C=O)=C/c1ccccn1. The fourth-order valence-electron chi connectivity index (χ4n) is 0.784. The van der Waals surface area contributed by atoms with Crippen LogP contribution < -0.4 is 5.73 Å². The van der Waals surface area contributed by atoms with Gasteiger partial charge in [0.15, 0.2) is 6.29 Å². The summed E-state index contributed by atoms with van der Waals surface area (Å²) in [5.41, 5.74) is 5.38. The van der Waals surface area contributed by atoms with Gasteiger partial charge < -0.3 is 5.73 Å². The molecular weight excluding hydrogens is 168 g/mol. The monoisotopic (exact) mass is 176 g/mol. The second-order valence-corrected chi connectivity index (χ2v) is 2.34. The molecule has 1 heterocycles. The van der Waals surface area contributed by atoms with Gasteiger partial charge in [-0.05, 0) is 18.2 Å². The number of rotatable bonds is 3. The van der Waals surface area contributed by atoms with Crippen LogP contribution >= 0.6 is 0 Å². The predicted octanol–water partition coefficient (Wildman–Crippen LogP) is 0.149. The van der Waals surface area contributed by atoms with Crippen LogP contribution in [0.1, 0.15) is 5.69 Å². The summed E-state index contributed by atoms with van der Waals surface area (Å²) in [7, 11) is 0. The van der Waals surface area contributed by atoms with E-state index in [-0.39, 0.29) is 5.57 Å². The third-order valence-electron chi connectivity index (χ3n) is 1.40. The minimum Gasteiger partial charge on any atom is -0.365 e. The van der Waals surface area contributed by atoms with E-state index in [1.165, 1.54) is 6.08 Å². The number of aldehydes is 1. The summed E-state index contributed by atoms with van der Waals surface area (Å²) in [5.74, 6) is -0.749. The molecular formula is C9H8N2O2. The third kappa shape index (κ3) is 2.52. The van der Waals surface area contributed by atoms with E-state index in [4.69, 9.17) is 5.73 Å². The fraction of sp³-hybridized carbons (Fsp3) is 0. The summed E-state index contributed by atoms with van der Waals surface area (Å²) in [6.07, 6.45) is 3.32. The Hall–Kier alpha value is -1.97. The highest BCUT2D eigenvalue weighted by molar-refractivity contribution is 6.13. The quantitative estimate of drug-likeness (QED) is 0.308. The molecule has 1 amide bonds. The number of pyridine rings is 1. The highest BCUT2D eigenvalue weighted by Crippen LogP contribution is 2.00. The van der Waals surface area contributed by atoms with Crippen LogP contribution in [0, 0.1) is 0 Å². The van der Waals surface area contributed by atoms with Crippen molar-refractivity contribution in [2.75, 3.05) is 0 Å². The van der Waals surface area contributed by atoms with Crippen molar-refractivity contribution in [1.29, 1.82) is 0 Å². The Balaban J connectivity index is 2.98. The first-order chi connectivity index (χ1) is 6.24. The fourth-order valence-corrected chi connectivity index (χ4v) is 0.784. The molecule has 0 saturated carbocycles. The number of carbonyl (C=O) groups excluding carboxylic acids is 2. The Kier molecular flexibility index (Phi) is 2.92. The summed E-state index contributed by atoms with van der Waals surface area (Å²) < 4.78 is 0. The minimum absolute atomic E-state index is 0.0845. The van der Waals surface area contributed by atoms with Crippen molar-refractivity contribution >= 4 is 18.3 Å². The number of aromatic nitrogens is 1. The van der Waals surface area contributed by atoms with Crippen LogP contribution in [0.2, 0.25) is 0 Å². The van der Waals surface area contributed by atoms with Crippen LogP contribution in [-0.4, -0.2) is 17.2 Å². The van der Waals surface area contributed by atoms with E-state index < -0.39 is 5.91 Å². The van der Waals surface area contributed by atoms with Crippen molar-refractivity contribution in [1.82, 2.24) is 4.98 Å². The van der Waals surface area contributed by atoms with Gasteiger partial charge >= 0.3 is 0 Å². The smallest absolute Gasteiger partial charge is 0.252 e. The molecule has 1 rings (SSSR count). The lowest BCUT2D eigenvalue weighted by Gasteiger charge is -1.92. The van der Waals surface area contributed by atoms with E-state index in [0.717, 1.165) is 0 Å². The van der Waals surface area contributed by atoms with Gasteiger partial charge in [-0.2, -0.15) is 0 Å². The molecule has 4 heteroatoms. The number of hydrogen-bond acceptors (Lipinski definition) is 3. The van der Waals surface area contributed by atoms with Gasteiger partial charge in [0.2, 0.25) is 0 Å². The Labute approximate surface area is 75.1 Å². The molecule has 0 fully saturated rings. The van der Waals surface area contributed by atoms with Gasteiger partial charge in [0.05, 0.1) is 11.3 Å². The van der Waals surface area contributed by atoms with Crippen LogP contribution in [0.15, 0.2) is 30.0 Å². The summed E-state index contributed by atoms with van der Waals surface area (Å²) in [6, 6.07) is 5.16. The lowest BCUT2D eigenvalue weighted by molar-refractivity contribution is -0.116. The van der Waals surface area contributed by atoms with E-state index in [1.807, 2.05) is 0 Å². The zero-order chi connectivity index (χ0) is 9.68. The summed E-state index contributed by atoms with van der Waals surface area (Å²) in [4.78, 5) is 24.9. The van der Waals surface area contributed by atoms with Crippen molar-refractivity contribution in [2.45, 2.75) is 0 Å². The first-order valence-corrected chi connectivity index (χ1v) is 3.62. The van der Waals surface area contributed by atoms with Crippen molar-refractivity contribution in [2.24, 2.45) is 5.73 Å². The summed E-state index contributed by atoms with van der Waals surface area (Å²) in [5, 5.41) is 0. The van der Waals surface area contributed by atoms with Crippen molar-refractivity contribution in [3.05, 3.63) is 35.7 Å². The maximum Gasteiger partial charge on any atom is 0.252 e. The molecule has 1 aromatic heterocycles. The normalized spacial score (nSPS) is 10.9. The van der Waals surface area contributed by atoms with E-state index in [1.54, 1.807) is 24.4 Å². The van der Waals surface area contributed by atoms with Gasteiger partial charge in [-0.15, -0.1) is 0 Å². The van der Waals surface area contributed by atoms with Crippen LogP contribution in [0.25, 0.3) is 6.08 Å². The molecule has 0 radical (unpaired) electrons. The van der Waals surface area contributed by atoms with E-state index in [0.29, 0.717) is 12.0 Å². The van der Waals surface area contributed by atoms with Gasteiger partial charge in [0.25, 0.3) is 5.91 Å². The van der Waals surface area contributed by atoms with Gasteiger partial charge in [0, 0.05) is 6.20 Å². The maximum atomic E-state index is 10.6. The number of nitrogens with two attached hydrogens (primary N) is 1. The van der Waals surface area contributed by atoms with Crippen molar-refractivity contribution in [3.8, 4) is 0 Å². The standard InChI is InChI=1S/C9H8N2O2/c10-9(13)7(6-12)5-8-3-1-2-4-11-8/h1-6H,(H2,10,13)/b7-5+.